The number of carbonyl (C=O) groups excluding carboxylic acids is 3. The average Bonchev–Trinajstić information content (AvgIpc) is 3.25. The Bertz CT molecular complexity index is 945. The molecule has 192 valence electrons. The lowest BCUT2D eigenvalue weighted by Crippen LogP contribution is -2.46. The fraction of sp³-hybridized carbons (Fsp3) is 0.500. The van der Waals surface area contributed by atoms with Crippen molar-refractivity contribution in [1.82, 2.24) is 5.32 Å². The van der Waals surface area contributed by atoms with E-state index in [-0.39, 0.29) is 24.2 Å². The van der Waals surface area contributed by atoms with Crippen LogP contribution in [0.15, 0.2) is 41.0 Å². The predicted molar refractivity (Wildman–Crippen MR) is 141 cm³/mol. The number of ketones is 1. The molecule has 0 aliphatic carbocycles. The van der Waals surface area contributed by atoms with Gasteiger partial charge in [-0.15, -0.1) is 11.8 Å². The molecule has 7 nitrogen and oxygen atoms in total. The van der Waals surface area contributed by atoms with Gasteiger partial charge in [-0.05, 0) is 43.0 Å². The second kappa shape index (κ2) is 15.5. The highest BCUT2D eigenvalue weighted by Gasteiger charge is 2.23. The smallest absolute Gasteiger partial charge is 0.258 e. The Morgan fingerprint density at radius 1 is 1.11 bits per heavy atom. The zero-order valence-electron chi connectivity index (χ0n) is 20.6. The number of nitrogens with one attached hydrogen (secondary N) is 2. The number of furan rings is 1. The third kappa shape index (κ3) is 11.2. The molecule has 2 N–H and O–H groups in total. The fourth-order valence-corrected chi connectivity index (χ4v) is 4.31. The second-order valence-corrected chi connectivity index (χ2v) is 10.1. The molecule has 0 bridgehead atoms. The summed E-state index contributed by atoms with van der Waals surface area (Å²) in [6, 6.07) is 7.64. The molecule has 0 aliphatic rings. The maximum absolute atomic E-state index is 13.0. The molecule has 0 spiro atoms. The van der Waals surface area contributed by atoms with Crippen LogP contribution in [0.4, 0.5) is 5.69 Å². The van der Waals surface area contributed by atoms with Crippen LogP contribution in [0.2, 0.25) is 5.02 Å². The normalized spacial score (nSPS) is 11.8. The zero-order chi connectivity index (χ0) is 25.6. The van der Waals surface area contributed by atoms with Crippen LogP contribution in [0.1, 0.15) is 58.6 Å². The number of ether oxygens (including phenoxy) is 1. The Kier molecular flexibility index (Phi) is 12.8. The van der Waals surface area contributed by atoms with Gasteiger partial charge in [0.1, 0.15) is 23.3 Å². The van der Waals surface area contributed by atoms with Gasteiger partial charge in [-0.25, -0.2) is 0 Å². The van der Waals surface area contributed by atoms with Gasteiger partial charge in [0.25, 0.3) is 5.91 Å². The van der Waals surface area contributed by atoms with E-state index in [1.54, 1.807) is 30.3 Å². The van der Waals surface area contributed by atoms with Gasteiger partial charge >= 0.3 is 0 Å². The number of rotatable bonds is 16. The Morgan fingerprint density at radius 2 is 1.86 bits per heavy atom. The fourth-order valence-electron chi connectivity index (χ4n) is 3.30. The lowest BCUT2D eigenvalue weighted by atomic mass is 10.0. The molecule has 1 aromatic heterocycles. The SMILES string of the molecule is CCCCCC(=O)CSCc1occc1NC(=O)[C@H](CC(C)C)NC(=O)COc1ccc(Cl)cc1. The van der Waals surface area contributed by atoms with Gasteiger partial charge in [0.2, 0.25) is 5.91 Å². The highest BCUT2D eigenvalue weighted by molar-refractivity contribution is 7.99. The first-order chi connectivity index (χ1) is 16.8. The minimum Gasteiger partial charge on any atom is -0.484 e. The Labute approximate surface area is 216 Å². The molecule has 1 aromatic carbocycles. The molecule has 2 rings (SSSR count). The van der Waals surface area contributed by atoms with Crippen LogP contribution in [-0.4, -0.2) is 36.0 Å². The van der Waals surface area contributed by atoms with Gasteiger partial charge in [0.15, 0.2) is 6.61 Å². The molecule has 1 heterocycles. The maximum Gasteiger partial charge on any atom is 0.258 e. The van der Waals surface area contributed by atoms with E-state index in [2.05, 4.69) is 17.6 Å². The van der Waals surface area contributed by atoms with E-state index in [0.717, 1.165) is 19.3 Å². The van der Waals surface area contributed by atoms with Crippen molar-refractivity contribution < 1.29 is 23.5 Å². The third-order valence-corrected chi connectivity index (χ3v) is 6.35. The summed E-state index contributed by atoms with van der Waals surface area (Å²) in [5, 5.41) is 6.20. The largest absolute Gasteiger partial charge is 0.484 e. The standard InChI is InChI=1S/C26H35ClN2O5S/c1-4-5-6-7-20(30)16-35-17-24-22(12-13-33-24)29-26(32)23(14-18(2)3)28-25(31)15-34-21-10-8-19(27)9-11-21/h8-13,18,23H,4-7,14-17H2,1-3H3,(H,28,31)(H,29,32)/t23-/m0/s1. The number of hydrogen-bond acceptors (Lipinski definition) is 6. The highest BCUT2D eigenvalue weighted by Crippen LogP contribution is 2.23. The summed E-state index contributed by atoms with van der Waals surface area (Å²) in [6.07, 6.45) is 5.64. The summed E-state index contributed by atoms with van der Waals surface area (Å²) >= 11 is 7.32. The Hall–Kier alpha value is -2.45. The van der Waals surface area contributed by atoms with Crippen LogP contribution >= 0.6 is 23.4 Å². The number of benzene rings is 1. The minimum absolute atomic E-state index is 0.182. The van der Waals surface area contributed by atoms with Gasteiger partial charge in [-0.1, -0.05) is 45.2 Å². The second-order valence-electron chi connectivity index (χ2n) is 8.73. The summed E-state index contributed by atoms with van der Waals surface area (Å²) in [5.41, 5.74) is 0.543. The third-order valence-electron chi connectivity index (χ3n) is 5.10. The van der Waals surface area contributed by atoms with E-state index >= 15 is 0 Å². The topological polar surface area (TPSA) is 97.6 Å². The molecule has 0 saturated carbocycles. The van der Waals surface area contributed by atoms with Crippen molar-refractivity contribution in [3.8, 4) is 5.75 Å². The number of thioether (sulfide) groups is 1. The van der Waals surface area contributed by atoms with Gasteiger partial charge in [-0.3, -0.25) is 14.4 Å². The van der Waals surface area contributed by atoms with Crippen LogP contribution in [0, 0.1) is 5.92 Å². The van der Waals surface area contributed by atoms with E-state index in [1.807, 2.05) is 13.8 Å². The van der Waals surface area contributed by atoms with Gasteiger partial charge in [-0.2, -0.15) is 0 Å². The Morgan fingerprint density at radius 3 is 2.54 bits per heavy atom. The molecule has 0 fully saturated rings. The van der Waals surface area contributed by atoms with E-state index in [9.17, 15) is 14.4 Å². The highest BCUT2D eigenvalue weighted by atomic mass is 35.5. The number of anilines is 1. The summed E-state index contributed by atoms with van der Waals surface area (Å²) in [7, 11) is 0. The molecule has 0 aliphatic heterocycles. The van der Waals surface area contributed by atoms with E-state index < -0.39 is 11.9 Å². The molecule has 2 amide bonds. The molecule has 0 saturated heterocycles. The van der Waals surface area contributed by atoms with Crippen molar-refractivity contribution in [2.24, 2.45) is 5.92 Å². The molecular weight excluding hydrogens is 488 g/mol. The van der Waals surface area contributed by atoms with Crippen molar-refractivity contribution in [3.05, 3.63) is 47.4 Å². The first-order valence-electron chi connectivity index (χ1n) is 11.9. The van der Waals surface area contributed by atoms with Gasteiger partial charge < -0.3 is 19.8 Å². The van der Waals surface area contributed by atoms with Crippen molar-refractivity contribution >= 4 is 46.6 Å². The monoisotopic (exact) mass is 522 g/mol. The van der Waals surface area contributed by atoms with Crippen molar-refractivity contribution in [1.29, 1.82) is 0 Å². The summed E-state index contributed by atoms with van der Waals surface area (Å²) in [4.78, 5) is 37.4. The quantitative estimate of drug-likeness (QED) is 0.268. The number of hydrogen-bond donors (Lipinski definition) is 2. The average molecular weight is 523 g/mol. The van der Waals surface area contributed by atoms with Crippen LogP contribution in [0.25, 0.3) is 0 Å². The summed E-state index contributed by atoms with van der Waals surface area (Å²) in [5.74, 6) is 1.66. The van der Waals surface area contributed by atoms with E-state index in [0.29, 0.717) is 46.6 Å². The van der Waals surface area contributed by atoms with Crippen molar-refractivity contribution in [2.45, 2.75) is 64.7 Å². The van der Waals surface area contributed by atoms with Crippen LogP contribution < -0.4 is 15.4 Å². The molecule has 1 atom stereocenters. The first kappa shape index (κ1) is 28.8. The molecule has 0 radical (unpaired) electrons. The van der Waals surface area contributed by atoms with Crippen LogP contribution in [0.3, 0.4) is 0 Å². The number of amides is 2. The molecule has 35 heavy (non-hydrogen) atoms. The first-order valence-corrected chi connectivity index (χ1v) is 13.5. The van der Waals surface area contributed by atoms with E-state index in [4.69, 9.17) is 20.8 Å². The van der Waals surface area contributed by atoms with Crippen LogP contribution in [0.5, 0.6) is 5.75 Å². The molecular formula is C26H35ClN2O5S. The number of halogens is 1. The van der Waals surface area contributed by atoms with Gasteiger partial charge in [0.05, 0.1) is 23.5 Å². The van der Waals surface area contributed by atoms with Crippen molar-refractivity contribution in [3.63, 3.8) is 0 Å². The lowest BCUT2D eigenvalue weighted by Gasteiger charge is -2.20. The van der Waals surface area contributed by atoms with Crippen molar-refractivity contribution in [2.75, 3.05) is 17.7 Å². The van der Waals surface area contributed by atoms with E-state index in [1.165, 1.54) is 18.0 Å². The Balaban J connectivity index is 1.87. The predicted octanol–water partition coefficient (Wildman–Crippen LogP) is 5.86. The number of unbranched alkanes of at least 4 members (excludes halogenated alkanes) is 2. The maximum atomic E-state index is 13.0. The molecule has 0 unspecified atom stereocenters. The van der Waals surface area contributed by atoms with Crippen LogP contribution in [-0.2, 0) is 20.1 Å². The number of Topliss-reactive ketones (excluding diaryl/α,β-unsaturated/α-hetero) is 1. The molecule has 2 aromatic rings. The zero-order valence-corrected chi connectivity index (χ0v) is 22.2. The number of carbonyl (C=O) groups is 3. The summed E-state index contributed by atoms with van der Waals surface area (Å²) in [6.45, 7) is 5.85. The summed E-state index contributed by atoms with van der Waals surface area (Å²) < 4.78 is 11.0. The van der Waals surface area contributed by atoms with Gasteiger partial charge in [0, 0.05) is 17.5 Å². The molecule has 9 heteroatoms. The lowest BCUT2D eigenvalue weighted by molar-refractivity contribution is -0.128. The minimum atomic E-state index is -0.730.